The Morgan fingerprint density at radius 1 is 1.31 bits per heavy atom. The van der Waals surface area contributed by atoms with Crippen molar-refractivity contribution in [1.29, 1.82) is 0 Å². The molecule has 1 heterocycles. The molecule has 1 fully saturated rings. The first-order chi connectivity index (χ1) is 12.1. The van der Waals surface area contributed by atoms with Crippen LogP contribution in [0.25, 0.3) is 0 Å². The van der Waals surface area contributed by atoms with Crippen molar-refractivity contribution in [2.75, 3.05) is 19.6 Å². The van der Waals surface area contributed by atoms with E-state index in [2.05, 4.69) is 41.6 Å². The number of guanidine groups is 1. The molecular formula is C20H33IN4O. The highest BCUT2D eigenvalue weighted by Gasteiger charge is 2.22. The van der Waals surface area contributed by atoms with Crippen LogP contribution in [-0.4, -0.2) is 42.4 Å². The Bertz CT molecular complexity index is 564. The molecule has 2 rings (SSSR count). The van der Waals surface area contributed by atoms with Crippen LogP contribution in [0, 0.1) is 0 Å². The first kappa shape index (κ1) is 22.7. The molecule has 2 unspecified atom stereocenters. The Labute approximate surface area is 175 Å². The molecule has 1 saturated heterocycles. The molecule has 1 aliphatic rings. The van der Waals surface area contributed by atoms with Gasteiger partial charge in [-0.1, -0.05) is 30.3 Å². The van der Waals surface area contributed by atoms with Crippen LogP contribution in [0.15, 0.2) is 35.3 Å². The van der Waals surface area contributed by atoms with E-state index in [0.717, 1.165) is 31.9 Å². The van der Waals surface area contributed by atoms with Gasteiger partial charge in [-0.15, -0.1) is 24.0 Å². The van der Waals surface area contributed by atoms with E-state index in [9.17, 15) is 4.79 Å². The van der Waals surface area contributed by atoms with Gasteiger partial charge in [0.15, 0.2) is 5.96 Å². The molecule has 146 valence electrons. The van der Waals surface area contributed by atoms with Crippen molar-refractivity contribution in [3.63, 3.8) is 0 Å². The average molecular weight is 472 g/mol. The van der Waals surface area contributed by atoms with Gasteiger partial charge >= 0.3 is 0 Å². The summed E-state index contributed by atoms with van der Waals surface area (Å²) in [5.41, 5.74) is 1.21. The highest BCUT2D eigenvalue weighted by atomic mass is 127. The van der Waals surface area contributed by atoms with Crippen LogP contribution in [0.1, 0.15) is 58.1 Å². The maximum absolute atomic E-state index is 12.4. The molecular weight excluding hydrogens is 439 g/mol. The van der Waals surface area contributed by atoms with E-state index in [0.29, 0.717) is 19.0 Å². The van der Waals surface area contributed by atoms with Gasteiger partial charge < -0.3 is 15.5 Å². The van der Waals surface area contributed by atoms with Gasteiger partial charge in [0.1, 0.15) is 0 Å². The second-order valence-corrected chi connectivity index (χ2v) is 6.72. The second-order valence-electron chi connectivity index (χ2n) is 6.72. The van der Waals surface area contributed by atoms with Crippen LogP contribution in [0.3, 0.4) is 0 Å². The predicted octanol–water partition coefficient (Wildman–Crippen LogP) is 3.71. The summed E-state index contributed by atoms with van der Waals surface area (Å²) in [5.74, 6) is 0.987. The fourth-order valence-electron chi connectivity index (χ4n) is 3.23. The number of carbonyl (C=O) groups is 1. The van der Waals surface area contributed by atoms with Gasteiger partial charge in [0, 0.05) is 25.6 Å². The van der Waals surface area contributed by atoms with Gasteiger partial charge in [-0.25, -0.2) is 0 Å². The van der Waals surface area contributed by atoms with E-state index in [1.54, 1.807) is 0 Å². The number of hydrogen-bond acceptors (Lipinski definition) is 2. The third-order valence-electron chi connectivity index (χ3n) is 4.72. The zero-order valence-electron chi connectivity index (χ0n) is 16.2. The summed E-state index contributed by atoms with van der Waals surface area (Å²) < 4.78 is 0. The van der Waals surface area contributed by atoms with E-state index >= 15 is 0 Å². The van der Waals surface area contributed by atoms with Crippen LogP contribution in [0.5, 0.6) is 0 Å². The Hall–Kier alpha value is -1.31. The Kier molecular flexibility index (Phi) is 10.6. The molecule has 5 nitrogen and oxygen atoms in total. The molecule has 1 aromatic rings. The average Bonchev–Trinajstić information content (AvgIpc) is 2.62. The monoisotopic (exact) mass is 472 g/mol. The number of hydrogen-bond donors (Lipinski definition) is 2. The molecule has 0 radical (unpaired) electrons. The number of amides is 1. The predicted molar refractivity (Wildman–Crippen MR) is 119 cm³/mol. The lowest BCUT2D eigenvalue weighted by molar-refractivity contribution is -0.134. The molecule has 2 atom stereocenters. The third kappa shape index (κ3) is 7.13. The maximum atomic E-state index is 12.4. The lowest BCUT2D eigenvalue weighted by Gasteiger charge is -2.33. The topological polar surface area (TPSA) is 56.7 Å². The highest BCUT2D eigenvalue weighted by molar-refractivity contribution is 14.0. The maximum Gasteiger partial charge on any atom is 0.224 e. The van der Waals surface area contributed by atoms with Gasteiger partial charge in [0.2, 0.25) is 5.91 Å². The number of rotatable bonds is 6. The minimum atomic E-state index is 0. The van der Waals surface area contributed by atoms with Gasteiger partial charge in [0.05, 0.1) is 12.6 Å². The molecule has 0 aromatic heterocycles. The summed E-state index contributed by atoms with van der Waals surface area (Å²) in [6.45, 7) is 8.51. The molecule has 0 aliphatic carbocycles. The van der Waals surface area contributed by atoms with E-state index in [1.807, 2.05) is 30.0 Å². The van der Waals surface area contributed by atoms with E-state index < -0.39 is 0 Å². The van der Waals surface area contributed by atoms with E-state index in [-0.39, 0.29) is 35.9 Å². The number of piperidine rings is 1. The summed E-state index contributed by atoms with van der Waals surface area (Å²) in [4.78, 5) is 19.0. The van der Waals surface area contributed by atoms with Crippen molar-refractivity contribution in [1.82, 2.24) is 15.5 Å². The number of likely N-dealkylation sites (tertiary alicyclic amines) is 1. The fraction of sp³-hybridized carbons (Fsp3) is 0.600. The van der Waals surface area contributed by atoms with Gasteiger partial charge in [-0.3, -0.25) is 9.79 Å². The molecule has 1 aliphatic heterocycles. The zero-order valence-corrected chi connectivity index (χ0v) is 18.5. The van der Waals surface area contributed by atoms with Crippen molar-refractivity contribution in [2.45, 2.75) is 58.5 Å². The van der Waals surface area contributed by atoms with Crippen molar-refractivity contribution < 1.29 is 4.79 Å². The molecule has 6 heteroatoms. The molecule has 1 amide bonds. The Morgan fingerprint density at radius 3 is 2.69 bits per heavy atom. The van der Waals surface area contributed by atoms with Crippen molar-refractivity contribution >= 4 is 35.8 Å². The van der Waals surface area contributed by atoms with Gasteiger partial charge in [-0.05, 0) is 45.6 Å². The molecule has 2 N–H and O–H groups in total. The summed E-state index contributed by atoms with van der Waals surface area (Å²) in [6.07, 6.45) is 3.95. The number of halogens is 1. The van der Waals surface area contributed by atoms with Crippen LogP contribution < -0.4 is 10.6 Å². The van der Waals surface area contributed by atoms with Crippen LogP contribution in [0.4, 0.5) is 0 Å². The number of nitrogens with one attached hydrogen (secondary N) is 2. The Balaban J connectivity index is 0.00000338. The number of nitrogens with zero attached hydrogens (tertiary/aromatic N) is 2. The zero-order chi connectivity index (χ0) is 18.1. The summed E-state index contributed by atoms with van der Waals surface area (Å²) in [7, 11) is 0. The lowest BCUT2D eigenvalue weighted by Crippen LogP contribution is -2.42. The highest BCUT2D eigenvalue weighted by Crippen LogP contribution is 2.17. The smallest absolute Gasteiger partial charge is 0.224 e. The molecule has 0 saturated carbocycles. The van der Waals surface area contributed by atoms with Crippen molar-refractivity contribution in [3.8, 4) is 0 Å². The summed E-state index contributed by atoms with van der Waals surface area (Å²) in [6, 6.07) is 10.8. The largest absolute Gasteiger partial charge is 0.357 e. The number of carbonyl (C=O) groups excluding carboxylic acids is 1. The first-order valence-electron chi connectivity index (χ1n) is 9.51. The van der Waals surface area contributed by atoms with Crippen LogP contribution >= 0.6 is 24.0 Å². The van der Waals surface area contributed by atoms with Crippen molar-refractivity contribution in [2.24, 2.45) is 4.99 Å². The fourth-order valence-corrected chi connectivity index (χ4v) is 3.23. The molecule has 0 bridgehead atoms. The summed E-state index contributed by atoms with van der Waals surface area (Å²) in [5, 5.41) is 6.67. The van der Waals surface area contributed by atoms with Crippen LogP contribution in [0.2, 0.25) is 0 Å². The standard InChI is InChI=1S/C20H32N4O.HI/c1-4-21-20(23-17(3)18-11-6-5-7-12-18)22-14-13-19(25)24-15-9-8-10-16(24)2;/h5-7,11-12,16-17H,4,8-10,13-15H2,1-3H3,(H2,21,22,23);1H. The Morgan fingerprint density at radius 2 is 2.04 bits per heavy atom. The van der Waals surface area contributed by atoms with E-state index in [4.69, 9.17) is 0 Å². The van der Waals surface area contributed by atoms with E-state index in [1.165, 1.54) is 12.0 Å². The normalized spacial score (nSPS) is 18.7. The molecule has 1 aromatic carbocycles. The number of aliphatic imine (C=N–C) groups is 1. The molecule has 0 spiro atoms. The lowest BCUT2D eigenvalue weighted by atomic mass is 10.0. The SMILES string of the molecule is CCNC(=NCCC(=O)N1CCCCC1C)NC(C)c1ccccc1.I. The third-order valence-corrected chi connectivity index (χ3v) is 4.72. The number of benzene rings is 1. The quantitative estimate of drug-likeness (QED) is 0.377. The van der Waals surface area contributed by atoms with Crippen LogP contribution in [-0.2, 0) is 4.79 Å². The van der Waals surface area contributed by atoms with Gasteiger partial charge in [0.25, 0.3) is 0 Å². The molecule has 26 heavy (non-hydrogen) atoms. The summed E-state index contributed by atoms with van der Waals surface area (Å²) >= 11 is 0. The minimum absolute atomic E-state index is 0. The second kappa shape index (κ2) is 12.1. The minimum Gasteiger partial charge on any atom is -0.357 e. The van der Waals surface area contributed by atoms with Gasteiger partial charge in [-0.2, -0.15) is 0 Å². The first-order valence-corrected chi connectivity index (χ1v) is 9.51. The van der Waals surface area contributed by atoms with Crippen molar-refractivity contribution in [3.05, 3.63) is 35.9 Å².